The molecule has 0 aliphatic rings. The van der Waals surface area contributed by atoms with Crippen molar-refractivity contribution >= 4 is 0 Å². The van der Waals surface area contributed by atoms with Crippen molar-refractivity contribution in [1.82, 2.24) is 10.6 Å². The van der Waals surface area contributed by atoms with E-state index in [9.17, 15) is 0 Å². The Hall–Kier alpha value is -0.120. The molecule has 0 bridgehead atoms. The minimum absolute atomic E-state index is 0.242. The molecule has 1 unspecified atom stereocenters. The third kappa shape index (κ3) is 9.88. The van der Waals surface area contributed by atoms with Crippen LogP contribution >= 0.6 is 0 Å². The molecule has 0 aliphatic heterocycles. The molecule has 0 aromatic carbocycles. The molecule has 3 N–H and O–H groups in total. The average molecular weight is 160 g/mol. The van der Waals surface area contributed by atoms with Crippen LogP contribution in [-0.2, 0) is 0 Å². The zero-order valence-corrected chi connectivity index (χ0v) is 7.72. The van der Waals surface area contributed by atoms with Crippen LogP contribution in [0.2, 0.25) is 0 Å². The first-order chi connectivity index (χ1) is 5.13. The van der Waals surface area contributed by atoms with Crippen LogP contribution in [0.15, 0.2) is 0 Å². The maximum atomic E-state index is 8.88. The van der Waals surface area contributed by atoms with E-state index in [0.717, 1.165) is 13.1 Å². The first-order valence-electron chi connectivity index (χ1n) is 4.25. The van der Waals surface area contributed by atoms with Gasteiger partial charge in [0.2, 0.25) is 0 Å². The third-order valence-electron chi connectivity index (χ3n) is 1.29. The molecule has 0 saturated heterocycles. The molecule has 0 aromatic heterocycles. The normalized spacial score (nSPS) is 13.9. The summed E-state index contributed by atoms with van der Waals surface area (Å²) in [5.41, 5.74) is 0. The lowest BCUT2D eigenvalue weighted by molar-refractivity contribution is 0.191. The number of aliphatic hydroxyl groups excluding tert-OH is 1. The lowest BCUT2D eigenvalue weighted by Crippen LogP contribution is -2.34. The number of hydrogen-bond donors (Lipinski definition) is 3. The maximum absolute atomic E-state index is 8.88. The molecule has 3 heteroatoms. The summed E-state index contributed by atoms with van der Waals surface area (Å²) < 4.78 is 0. The van der Waals surface area contributed by atoms with Gasteiger partial charge in [-0.1, -0.05) is 13.8 Å². The Kier molecular flexibility index (Phi) is 6.51. The van der Waals surface area contributed by atoms with Crippen LogP contribution < -0.4 is 10.6 Å². The molecule has 0 heterocycles. The van der Waals surface area contributed by atoms with Gasteiger partial charge in [0, 0.05) is 25.7 Å². The van der Waals surface area contributed by atoms with Gasteiger partial charge in [0.15, 0.2) is 0 Å². The van der Waals surface area contributed by atoms with Crippen molar-refractivity contribution in [2.45, 2.75) is 32.9 Å². The van der Waals surface area contributed by atoms with E-state index in [4.69, 9.17) is 5.11 Å². The number of nitrogens with one attached hydrogen (secondary N) is 2. The molecule has 0 saturated carbocycles. The molecule has 11 heavy (non-hydrogen) atoms. The van der Waals surface area contributed by atoms with Crippen LogP contribution in [0.4, 0.5) is 0 Å². The fourth-order valence-electron chi connectivity index (χ4n) is 0.760. The van der Waals surface area contributed by atoms with Gasteiger partial charge in [-0.2, -0.15) is 0 Å². The highest BCUT2D eigenvalue weighted by Gasteiger charge is 1.94. The van der Waals surface area contributed by atoms with Crippen molar-refractivity contribution in [2.75, 3.05) is 19.6 Å². The van der Waals surface area contributed by atoms with Crippen molar-refractivity contribution in [3.8, 4) is 0 Å². The van der Waals surface area contributed by atoms with Crippen molar-refractivity contribution in [2.24, 2.45) is 0 Å². The van der Waals surface area contributed by atoms with Crippen LogP contribution in [0.1, 0.15) is 20.8 Å². The predicted molar refractivity (Wildman–Crippen MR) is 47.7 cm³/mol. The second-order valence-corrected chi connectivity index (χ2v) is 3.16. The van der Waals surface area contributed by atoms with Crippen LogP contribution in [-0.4, -0.2) is 36.9 Å². The maximum Gasteiger partial charge on any atom is 0.0636 e. The molecular weight excluding hydrogens is 140 g/mol. The number of aliphatic hydroxyl groups is 1. The van der Waals surface area contributed by atoms with Gasteiger partial charge in [-0.15, -0.1) is 0 Å². The van der Waals surface area contributed by atoms with Crippen molar-refractivity contribution in [3.63, 3.8) is 0 Å². The van der Waals surface area contributed by atoms with E-state index >= 15 is 0 Å². The number of hydrogen-bond acceptors (Lipinski definition) is 3. The summed E-state index contributed by atoms with van der Waals surface area (Å²) in [5, 5.41) is 15.3. The molecule has 1 atom stereocenters. The first-order valence-corrected chi connectivity index (χ1v) is 4.25. The highest BCUT2D eigenvalue weighted by atomic mass is 16.3. The highest BCUT2D eigenvalue weighted by molar-refractivity contribution is 4.57. The van der Waals surface area contributed by atoms with Gasteiger partial charge in [0.05, 0.1) is 6.10 Å². The Balaban J connectivity index is 2.91. The largest absolute Gasteiger partial charge is 0.392 e. The van der Waals surface area contributed by atoms with E-state index in [1.807, 2.05) is 0 Å². The molecule has 0 spiro atoms. The van der Waals surface area contributed by atoms with Crippen LogP contribution in [0, 0.1) is 0 Å². The third-order valence-corrected chi connectivity index (χ3v) is 1.29. The quantitative estimate of drug-likeness (QED) is 0.478. The van der Waals surface area contributed by atoms with E-state index in [1.165, 1.54) is 0 Å². The monoisotopic (exact) mass is 160 g/mol. The first kappa shape index (κ1) is 10.9. The lowest BCUT2D eigenvalue weighted by atomic mass is 10.4. The fourth-order valence-corrected chi connectivity index (χ4v) is 0.760. The Morgan fingerprint density at radius 2 is 1.82 bits per heavy atom. The molecular formula is C8H20N2O. The van der Waals surface area contributed by atoms with Crippen LogP contribution in [0.5, 0.6) is 0 Å². The van der Waals surface area contributed by atoms with E-state index in [-0.39, 0.29) is 6.10 Å². The van der Waals surface area contributed by atoms with Gasteiger partial charge in [-0.3, -0.25) is 0 Å². The van der Waals surface area contributed by atoms with E-state index < -0.39 is 0 Å². The zero-order chi connectivity index (χ0) is 8.69. The molecule has 3 nitrogen and oxygen atoms in total. The van der Waals surface area contributed by atoms with E-state index in [2.05, 4.69) is 24.5 Å². The summed E-state index contributed by atoms with van der Waals surface area (Å²) in [7, 11) is 0. The van der Waals surface area contributed by atoms with Crippen LogP contribution in [0.25, 0.3) is 0 Å². The SMILES string of the molecule is CC(O)CNCCNC(C)C. The van der Waals surface area contributed by atoms with E-state index in [1.54, 1.807) is 6.92 Å². The second-order valence-electron chi connectivity index (χ2n) is 3.16. The molecule has 0 radical (unpaired) electrons. The molecule has 68 valence electrons. The minimum atomic E-state index is -0.242. The van der Waals surface area contributed by atoms with Gasteiger partial charge >= 0.3 is 0 Å². The van der Waals surface area contributed by atoms with E-state index in [0.29, 0.717) is 12.6 Å². The van der Waals surface area contributed by atoms with Crippen molar-refractivity contribution < 1.29 is 5.11 Å². The molecule has 0 fully saturated rings. The van der Waals surface area contributed by atoms with Gasteiger partial charge in [0.1, 0.15) is 0 Å². The van der Waals surface area contributed by atoms with Gasteiger partial charge < -0.3 is 15.7 Å². The predicted octanol–water partition coefficient (Wildman–Crippen LogP) is -0.0452. The lowest BCUT2D eigenvalue weighted by Gasteiger charge is -2.09. The molecule has 0 rings (SSSR count). The Morgan fingerprint density at radius 1 is 1.18 bits per heavy atom. The summed E-state index contributed by atoms with van der Waals surface area (Å²) >= 11 is 0. The Labute approximate surface area is 69.2 Å². The standard InChI is InChI=1S/C8H20N2O/c1-7(2)10-5-4-9-6-8(3)11/h7-11H,4-6H2,1-3H3. The van der Waals surface area contributed by atoms with Gasteiger partial charge in [0.25, 0.3) is 0 Å². The van der Waals surface area contributed by atoms with Gasteiger partial charge in [-0.05, 0) is 6.92 Å². The molecule has 0 amide bonds. The van der Waals surface area contributed by atoms with Crippen molar-refractivity contribution in [3.05, 3.63) is 0 Å². The van der Waals surface area contributed by atoms with Crippen LogP contribution in [0.3, 0.4) is 0 Å². The Morgan fingerprint density at radius 3 is 2.27 bits per heavy atom. The summed E-state index contributed by atoms with van der Waals surface area (Å²) in [6.07, 6.45) is -0.242. The average Bonchev–Trinajstić information content (AvgIpc) is 1.85. The molecule has 0 aromatic rings. The smallest absolute Gasteiger partial charge is 0.0636 e. The summed E-state index contributed by atoms with van der Waals surface area (Å²) in [6, 6.07) is 0.545. The topological polar surface area (TPSA) is 44.3 Å². The number of rotatable bonds is 6. The minimum Gasteiger partial charge on any atom is -0.392 e. The zero-order valence-electron chi connectivity index (χ0n) is 7.72. The van der Waals surface area contributed by atoms with Gasteiger partial charge in [-0.25, -0.2) is 0 Å². The summed E-state index contributed by atoms with van der Waals surface area (Å²) in [5.74, 6) is 0. The Bertz CT molecular complexity index is 74.2. The highest BCUT2D eigenvalue weighted by Crippen LogP contribution is 1.75. The molecule has 0 aliphatic carbocycles. The fraction of sp³-hybridized carbons (Fsp3) is 1.00. The summed E-state index contributed by atoms with van der Waals surface area (Å²) in [6.45, 7) is 8.58. The summed E-state index contributed by atoms with van der Waals surface area (Å²) in [4.78, 5) is 0. The second kappa shape index (κ2) is 6.58. The van der Waals surface area contributed by atoms with Crippen molar-refractivity contribution in [1.29, 1.82) is 0 Å².